The summed E-state index contributed by atoms with van der Waals surface area (Å²) in [5.41, 5.74) is 0. The molecule has 2 rings (SSSR count). The number of piperidine rings is 1. The van der Waals surface area contributed by atoms with Crippen LogP contribution in [0.2, 0.25) is 0 Å². The van der Waals surface area contributed by atoms with Gasteiger partial charge in [-0.3, -0.25) is 4.79 Å². The summed E-state index contributed by atoms with van der Waals surface area (Å²) >= 11 is 0. The highest BCUT2D eigenvalue weighted by atomic mass is 16.7. The van der Waals surface area contributed by atoms with Crippen LogP contribution in [-0.4, -0.2) is 42.9 Å². The molecule has 2 aliphatic heterocycles. The van der Waals surface area contributed by atoms with Gasteiger partial charge >= 0.3 is 0 Å². The molecule has 1 atom stereocenters. The van der Waals surface area contributed by atoms with Gasteiger partial charge in [0.05, 0.1) is 19.8 Å². The molecule has 98 valence electrons. The molecule has 4 heteroatoms. The predicted molar refractivity (Wildman–Crippen MR) is 64.5 cm³/mol. The molecule has 0 saturated carbocycles. The molecule has 2 aliphatic rings. The second-order valence-electron chi connectivity index (χ2n) is 5.50. The molecule has 0 aliphatic carbocycles. The number of hydrogen-bond donors (Lipinski definition) is 0. The maximum absolute atomic E-state index is 12.3. The third kappa shape index (κ3) is 2.63. The summed E-state index contributed by atoms with van der Waals surface area (Å²) in [6.45, 7) is 8.93. The molecule has 0 aromatic heterocycles. The van der Waals surface area contributed by atoms with Crippen molar-refractivity contribution in [3.63, 3.8) is 0 Å². The third-order valence-corrected chi connectivity index (χ3v) is 3.93. The zero-order valence-corrected chi connectivity index (χ0v) is 11.1. The van der Waals surface area contributed by atoms with Crippen LogP contribution in [0.25, 0.3) is 0 Å². The zero-order chi connectivity index (χ0) is 12.5. The molecule has 1 unspecified atom stereocenters. The highest BCUT2D eigenvalue weighted by Gasteiger charge is 2.42. The Morgan fingerprint density at radius 3 is 2.47 bits per heavy atom. The molecular weight excluding hydrogens is 218 g/mol. The van der Waals surface area contributed by atoms with E-state index in [1.807, 2.05) is 11.8 Å². The van der Waals surface area contributed by atoms with E-state index in [1.54, 1.807) is 0 Å². The van der Waals surface area contributed by atoms with Crippen molar-refractivity contribution in [3.05, 3.63) is 0 Å². The molecule has 1 spiro atoms. The molecule has 1 amide bonds. The van der Waals surface area contributed by atoms with E-state index in [2.05, 4.69) is 13.8 Å². The fourth-order valence-corrected chi connectivity index (χ4v) is 2.48. The number of ether oxygens (including phenoxy) is 2. The maximum Gasteiger partial charge on any atom is 0.225 e. The van der Waals surface area contributed by atoms with Gasteiger partial charge in [-0.05, 0) is 12.3 Å². The van der Waals surface area contributed by atoms with E-state index in [4.69, 9.17) is 9.47 Å². The average molecular weight is 241 g/mol. The van der Waals surface area contributed by atoms with Crippen molar-refractivity contribution in [1.29, 1.82) is 0 Å². The van der Waals surface area contributed by atoms with Crippen LogP contribution in [0.15, 0.2) is 0 Å². The van der Waals surface area contributed by atoms with E-state index in [0.29, 0.717) is 25.7 Å². The molecule has 0 aromatic rings. The Kier molecular flexibility index (Phi) is 3.73. The number of carbonyl (C=O) groups is 1. The number of likely N-dealkylation sites (tertiary alicyclic amines) is 1. The first-order chi connectivity index (χ1) is 8.04. The summed E-state index contributed by atoms with van der Waals surface area (Å²) in [7, 11) is 0. The lowest BCUT2D eigenvalue weighted by Gasteiger charge is -2.40. The zero-order valence-electron chi connectivity index (χ0n) is 11.1. The topological polar surface area (TPSA) is 38.8 Å². The molecule has 2 heterocycles. The van der Waals surface area contributed by atoms with Crippen molar-refractivity contribution >= 4 is 5.91 Å². The van der Waals surface area contributed by atoms with Crippen LogP contribution in [0.1, 0.15) is 33.6 Å². The first-order valence-electron chi connectivity index (χ1n) is 6.61. The molecule has 0 N–H and O–H groups in total. The monoisotopic (exact) mass is 241 g/mol. The second-order valence-corrected chi connectivity index (χ2v) is 5.50. The van der Waals surface area contributed by atoms with Crippen LogP contribution in [0.5, 0.6) is 0 Å². The van der Waals surface area contributed by atoms with Gasteiger partial charge in [0, 0.05) is 18.9 Å². The highest BCUT2D eigenvalue weighted by molar-refractivity contribution is 5.78. The maximum atomic E-state index is 12.3. The normalized spacial score (nSPS) is 25.5. The molecule has 0 aromatic carbocycles. The Bertz CT molecular complexity index is 284. The molecular formula is C13H23NO3. The lowest BCUT2D eigenvalue weighted by atomic mass is 9.94. The number of hydrogen-bond acceptors (Lipinski definition) is 3. The van der Waals surface area contributed by atoms with Gasteiger partial charge in [0.1, 0.15) is 0 Å². The highest BCUT2D eigenvalue weighted by Crippen LogP contribution is 2.31. The average Bonchev–Trinajstić information content (AvgIpc) is 2.75. The standard InChI is InChI=1S/C13H23NO3/c1-10(2)11(3)12(15)14-6-4-5-13(9-14)16-7-8-17-13/h10-11H,4-9H2,1-3H3. The van der Waals surface area contributed by atoms with Gasteiger partial charge in [-0.2, -0.15) is 0 Å². The van der Waals surface area contributed by atoms with E-state index in [0.717, 1.165) is 19.4 Å². The van der Waals surface area contributed by atoms with Gasteiger partial charge in [0.2, 0.25) is 5.91 Å². The SMILES string of the molecule is CC(C)C(C)C(=O)N1CCCC2(C1)OCCO2. The van der Waals surface area contributed by atoms with Crippen LogP contribution in [0, 0.1) is 11.8 Å². The van der Waals surface area contributed by atoms with Gasteiger partial charge in [0.15, 0.2) is 5.79 Å². The summed E-state index contributed by atoms with van der Waals surface area (Å²) in [5, 5.41) is 0. The summed E-state index contributed by atoms with van der Waals surface area (Å²) in [5.74, 6) is 0.195. The second kappa shape index (κ2) is 4.94. The van der Waals surface area contributed by atoms with Crippen molar-refractivity contribution in [2.45, 2.75) is 39.4 Å². The Hall–Kier alpha value is -0.610. The van der Waals surface area contributed by atoms with Crippen LogP contribution in [0.4, 0.5) is 0 Å². The van der Waals surface area contributed by atoms with Crippen molar-refractivity contribution in [1.82, 2.24) is 4.90 Å². The minimum absolute atomic E-state index is 0.0755. The van der Waals surface area contributed by atoms with E-state index in [9.17, 15) is 4.79 Å². The summed E-state index contributed by atoms with van der Waals surface area (Å²) in [6, 6.07) is 0. The summed E-state index contributed by atoms with van der Waals surface area (Å²) < 4.78 is 11.4. The van der Waals surface area contributed by atoms with Gasteiger partial charge in [0.25, 0.3) is 0 Å². The van der Waals surface area contributed by atoms with Gasteiger partial charge in [-0.15, -0.1) is 0 Å². The third-order valence-electron chi connectivity index (χ3n) is 3.93. The van der Waals surface area contributed by atoms with Crippen LogP contribution in [-0.2, 0) is 14.3 Å². The summed E-state index contributed by atoms with van der Waals surface area (Å²) in [4.78, 5) is 14.2. The van der Waals surface area contributed by atoms with Gasteiger partial charge < -0.3 is 14.4 Å². The Morgan fingerprint density at radius 2 is 1.88 bits per heavy atom. The molecule has 0 radical (unpaired) electrons. The smallest absolute Gasteiger partial charge is 0.225 e. The molecule has 2 fully saturated rings. The van der Waals surface area contributed by atoms with E-state index >= 15 is 0 Å². The number of nitrogens with zero attached hydrogens (tertiary/aromatic N) is 1. The van der Waals surface area contributed by atoms with Crippen LogP contribution >= 0.6 is 0 Å². The molecule has 0 bridgehead atoms. The van der Waals surface area contributed by atoms with Crippen molar-refractivity contribution in [2.75, 3.05) is 26.3 Å². The van der Waals surface area contributed by atoms with Gasteiger partial charge in [-0.25, -0.2) is 0 Å². The molecule has 2 saturated heterocycles. The molecule has 4 nitrogen and oxygen atoms in total. The van der Waals surface area contributed by atoms with Crippen molar-refractivity contribution in [2.24, 2.45) is 11.8 Å². The fraction of sp³-hybridized carbons (Fsp3) is 0.923. The van der Waals surface area contributed by atoms with Crippen LogP contribution < -0.4 is 0 Å². The lowest BCUT2D eigenvalue weighted by Crippen LogP contribution is -2.52. The predicted octanol–water partition coefficient (Wildman–Crippen LogP) is 1.64. The first-order valence-corrected chi connectivity index (χ1v) is 6.61. The minimum Gasteiger partial charge on any atom is -0.346 e. The molecule has 17 heavy (non-hydrogen) atoms. The van der Waals surface area contributed by atoms with E-state index < -0.39 is 5.79 Å². The Morgan fingerprint density at radius 1 is 1.24 bits per heavy atom. The number of carbonyl (C=O) groups excluding carboxylic acids is 1. The quantitative estimate of drug-likeness (QED) is 0.738. The Balaban J connectivity index is 1.99. The largest absolute Gasteiger partial charge is 0.346 e. The van der Waals surface area contributed by atoms with Crippen molar-refractivity contribution < 1.29 is 14.3 Å². The van der Waals surface area contributed by atoms with E-state index in [1.165, 1.54) is 0 Å². The van der Waals surface area contributed by atoms with Crippen LogP contribution in [0.3, 0.4) is 0 Å². The fourth-order valence-electron chi connectivity index (χ4n) is 2.48. The first kappa shape index (κ1) is 12.8. The minimum atomic E-state index is -0.495. The van der Waals surface area contributed by atoms with Gasteiger partial charge in [-0.1, -0.05) is 20.8 Å². The van der Waals surface area contributed by atoms with Crippen molar-refractivity contribution in [3.8, 4) is 0 Å². The lowest BCUT2D eigenvalue weighted by molar-refractivity contribution is -0.194. The summed E-state index contributed by atoms with van der Waals surface area (Å²) in [6.07, 6.45) is 1.88. The Labute approximate surface area is 103 Å². The number of rotatable bonds is 2. The van der Waals surface area contributed by atoms with E-state index in [-0.39, 0.29) is 11.8 Å². The number of amides is 1.